The molecule has 0 saturated heterocycles. The Balaban J connectivity index is 2.56. The van der Waals surface area contributed by atoms with E-state index in [9.17, 15) is 4.39 Å². The van der Waals surface area contributed by atoms with E-state index in [0.29, 0.717) is 6.54 Å². The summed E-state index contributed by atoms with van der Waals surface area (Å²) in [6, 6.07) is 6.61. The molecule has 0 aliphatic rings. The molecule has 2 heteroatoms. The lowest BCUT2D eigenvalue weighted by Crippen LogP contribution is -1.96. The van der Waals surface area contributed by atoms with E-state index in [0.717, 1.165) is 18.4 Å². The summed E-state index contributed by atoms with van der Waals surface area (Å²) in [6.45, 7) is 2.75. The van der Waals surface area contributed by atoms with Gasteiger partial charge >= 0.3 is 0 Å². The van der Waals surface area contributed by atoms with Crippen molar-refractivity contribution >= 4 is 0 Å². The van der Waals surface area contributed by atoms with Gasteiger partial charge in [-0.05, 0) is 44.0 Å². The van der Waals surface area contributed by atoms with Crippen LogP contribution in [0.5, 0.6) is 0 Å². The van der Waals surface area contributed by atoms with Gasteiger partial charge in [0.05, 0.1) is 0 Å². The molecule has 0 radical (unpaired) electrons. The first-order valence-corrected chi connectivity index (χ1v) is 4.82. The van der Waals surface area contributed by atoms with Crippen molar-refractivity contribution in [2.45, 2.75) is 19.8 Å². The number of hydrogen-bond donors (Lipinski definition) is 1. The van der Waals surface area contributed by atoms with E-state index < -0.39 is 0 Å². The Labute approximate surface area is 84.4 Å². The Morgan fingerprint density at radius 1 is 1.36 bits per heavy atom. The third kappa shape index (κ3) is 3.71. The lowest BCUT2D eigenvalue weighted by molar-refractivity contribution is 0.627. The first kappa shape index (κ1) is 10.9. The molecule has 1 aromatic carbocycles. The lowest BCUT2D eigenvalue weighted by atomic mass is 10.1. The van der Waals surface area contributed by atoms with Gasteiger partial charge in [0.25, 0.3) is 0 Å². The highest BCUT2D eigenvalue weighted by Gasteiger charge is 1.95. The summed E-state index contributed by atoms with van der Waals surface area (Å²) in [7, 11) is 0. The van der Waals surface area contributed by atoms with Gasteiger partial charge in [-0.2, -0.15) is 0 Å². The molecule has 1 aromatic rings. The third-order valence-corrected chi connectivity index (χ3v) is 2.06. The second kappa shape index (κ2) is 5.55. The zero-order valence-electron chi connectivity index (χ0n) is 8.46. The average molecular weight is 193 g/mol. The minimum Gasteiger partial charge on any atom is -0.330 e. The number of nitrogens with two attached hydrogens (primary N) is 1. The Hall–Kier alpha value is -1.15. The van der Waals surface area contributed by atoms with Gasteiger partial charge in [-0.1, -0.05) is 23.8 Å². The fourth-order valence-corrected chi connectivity index (χ4v) is 1.33. The van der Waals surface area contributed by atoms with Crippen molar-refractivity contribution in [3.63, 3.8) is 0 Å². The van der Waals surface area contributed by atoms with E-state index in [1.807, 2.05) is 12.1 Å². The molecule has 76 valence electrons. The highest BCUT2D eigenvalue weighted by molar-refractivity contribution is 5.21. The highest BCUT2D eigenvalue weighted by atomic mass is 19.1. The van der Waals surface area contributed by atoms with E-state index in [4.69, 9.17) is 5.73 Å². The predicted molar refractivity (Wildman–Crippen MR) is 57.5 cm³/mol. The van der Waals surface area contributed by atoms with Crippen molar-refractivity contribution in [3.05, 3.63) is 47.3 Å². The van der Waals surface area contributed by atoms with Gasteiger partial charge in [0.2, 0.25) is 0 Å². The van der Waals surface area contributed by atoms with Gasteiger partial charge in [-0.3, -0.25) is 0 Å². The molecule has 14 heavy (non-hydrogen) atoms. The van der Waals surface area contributed by atoms with Crippen LogP contribution < -0.4 is 5.73 Å². The van der Waals surface area contributed by atoms with Crippen LogP contribution in [-0.2, 0) is 6.42 Å². The monoisotopic (exact) mass is 193 g/mol. The predicted octanol–water partition coefficient (Wildman–Crippen LogP) is 2.66. The first-order valence-electron chi connectivity index (χ1n) is 4.82. The zero-order chi connectivity index (χ0) is 10.4. The molecule has 0 amide bonds. The molecule has 0 atom stereocenters. The number of benzene rings is 1. The largest absolute Gasteiger partial charge is 0.330 e. The van der Waals surface area contributed by atoms with Crippen LogP contribution in [0.25, 0.3) is 0 Å². The molecular weight excluding hydrogens is 177 g/mol. The number of rotatable bonds is 4. The molecule has 0 heterocycles. The summed E-state index contributed by atoms with van der Waals surface area (Å²) < 4.78 is 12.6. The van der Waals surface area contributed by atoms with Crippen LogP contribution in [0.2, 0.25) is 0 Å². The topological polar surface area (TPSA) is 26.0 Å². The first-order chi connectivity index (χ1) is 6.72. The van der Waals surface area contributed by atoms with Crippen LogP contribution in [0.1, 0.15) is 18.9 Å². The fourth-order valence-electron chi connectivity index (χ4n) is 1.33. The average Bonchev–Trinajstić information content (AvgIpc) is 2.18. The third-order valence-electron chi connectivity index (χ3n) is 2.06. The van der Waals surface area contributed by atoms with Gasteiger partial charge in [-0.15, -0.1) is 0 Å². The van der Waals surface area contributed by atoms with Crippen LogP contribution in [0.3, 0.4) is 0 Å². The van der Waals surface area contributed by atoms with Crippen molar-refractivity contribution < 1.29 is 4.39 Å². The van der Waals surface area contributed by atoms with Crippen LogP contribution in [0.4, 0.5) is 4.39 Å². The Morgan fingerprint density at radius 2 is 2.00 bits per heavy atom. The molecule has 0 unspecified atom stereocenters. The quantitative estimate of drug-likeness (QED) is 0.731. The summed E-state index contributed by atoms with van der Waals surface area (Å²) in [5.41, 5.74) is 7.81. The minimum absolute atomic E-state index is 0.183. The van der Waals surface area contributed by atoms with Crippen LogP contribution in [0, 0.1) is 5.82 Å². The minimum atomic E-state index is -0.183. The summed E-state index contributed by atoms with van der Waals surface area (Å²) in [5, 5.41) is 0. The van der Waals surface area contributed by atoms with E-state index in [-0.39, 0.29) is 5.82 Å². The Bertz CT molecular complexity index is 301. The lowest BCUT2D eigenvalue weighted by Gasteiger charge is -2.01. The molecule has 1 nitrogen and oxygen atoms in total. The summed E-state index contributed by atoms with van der Waals surface area (Å²) >= 11 is 0. The van der Waals surface area contributed by atoms with E-state index in [1.165, 1.54) is 17.7 Å². The van der Waals surface area contributed by atoms with Gasteiger partial charge in [0.15, 0.2) is 0 Å². The van der Waals surface area contributed by atoms with E-state index in [2.05, 4.69) is 13.0 Å². The SMILES string of the molecule is CC(=CCCN)Cc1ccc(F)cc1. The van der Waals surface area contributed by atoms with E-state index in [1.54, 1.807) is 0 Å². The molecule has 2 N–H and O–H groups in total. The second-order valence-electron chi connectivity index (χ2n) is 3.43. The van der Waals surface area contributed by atoms with Gasteiger partial charge in [0.1, 0.15) is 5.82 Å². The Morgan fingerprint density at radius 3 is 2.57 bits per heavy atom. The zero-order valence-corrected chi connectivity index (χ0v) is 8.46. The van der Waals surface area contributed by atoms with Crippen molar-refractivity contribution in [1.82, 2.24) is 0 Å². The molecule has 0 fully saturated rings. The maximum Gasteiger partial charge on any atom is 0.123 e. The Kier molecular flexibility index (Phi) is 4.33. The standard InChI is InChI=1S/C12H16FN/c1-10(3-2-8-14)9-11-4-6-12(13)7-5-11/h3-7H,2,8-9,14H2,1H3. The van der Waals surface area contributed by atoms with Crippen LogP contribution in [0.15, 0.2) is 35.9 Å². The van der Waals surface area contributed by atoms with Crippen molar-refractivity contribution in [3.8, 4) is 0 Å². The highest BCUT2D eigenvalue weighted by Crippen LogP contribution is 2.09. The molecule has 0 bridgehead atoms. The fraction of sp³-hybridized carbons (Fsp3) is 0.333. The number of halogens is 1. The van der Waals surface area contributed by atoms with E-state index >= 15 is 0 Å². The van der Waals surface area contributed by atoms with Crippen LogP contribution >= 0.6 is 0 Å². The molecular formula is C12H16FN. The van der Waals surface area contributed by atoms with Crippen molar-refractivity contribution in [2.24, 2.45) is 5.73 Å². The molecule has 0 aliphatic heterocycles. The van der Waals surface area contributed by atoms with Gasteiger partial charge in [0, 0.05) is 0 Å². The maximum absolute atomic E-state index is 12.6. The number of allylic oxidation sites excluding steroid dienone is 1. The van der Waals surface area contributed by atoms with Gasteiger partial charge in [-0.25, -0.2) is 4.39 Å². The summed E-state index contributed by atoms with van der Waals surface area (Å²) in [6.07, 6.45) is 3.91. The second-order valence-corrected chi connectivity index (χ2v) is 3.43. The normalized spacial score (nSPS) is 11.8. The molecule has 0 aliphatic carbocycles. The summed E-state index contributed by atoms with van der Waals surface area (Å²) in [4.78, 5) is 0. The molecule has 0 spiro atoms. The summed E-state index contributed by atoms with van der Waals surface area (Å²) in [5.74, 6) is -0.183. The molecule has 0 saturated carbocycles. The maximum atomic E-state index is 12.6. The van der Waals surface area contributed by atoms with Crippen LogP contribution in [-0.4, -0.2) is 6.54 Å². The molecule has 1 rings (SSSR count). The molecule has 0 aromatic heterocycles. The number of hydrogen-bond acceptors (Lipinski definition) is 1. The van der Waals surface area contributed by atoms with Crippen molar-refractivity contribution in [2.75, 3.05) is 6.54 Å². The smallest absolute Gasteiger partial charge is 0.123 e. The van der Waals surface area contributed by atoms with Gasteiger partial charge < -0.3 is 5.73 Å². The van der Waals surface area contributed by atoms with Crippen molar-refractivity contribution in [1.29, 1.82) is 0 Å².